The second kappa shape index (κ2) is 12.6. The van der Waals surface area contributed by atoms with Gasteiger partial charge >= 0.3 is 0 Å². The predicted octanol–water partition coefficient (Wildman–Crippen LogP) is 1.86. The number of carbonyl (C=O) groups excluding carboxylic acids is 1. The lowest BCUT2D eigenvalue weighted by Crippen LogP contribution is -2.28. The summed E-state index contributed by atoms with van der Waals surface area (Å²) in [5.74, 6) is 0.996. The van der Waals surface area contributed by atoms with Crippen LogP contribution in [0.1, 0.15) is 23.2 Å². The van der Waals surface area contributed by atoms with E-state index in [1.165, 1.54) is 6.20 Å². The number of fused-ring (bicyclic) bond motifs is 1. The first-order valence-corrected chi connectivity index (χ1v) is 11.0. The minimum atomic E-state index is -0.561. The van der Waals surface area contributed by atoms with Gasteiger partial charge in [0.25, 0.3) is 5.91 Å². The number of primary amides is 1. The maximum Gasteiger partial charge on any atom is 0.254 e. The van der Waals surface area contributed by atoms with Gasteiger partial charge in [-0.05, 0) is 31.0 Å². The molecule has 1 saturated carbocycles. The third-order valence-electron chi connectivity index (χ3n) is 5.17. The van der Waals surface area contributed by atoms with Crippen LogP contribution in [-0.4, -0.2) is 74.7 Å². The standard InChI is InChI=1S/C22H30N6O5.H2S/c1-30-6-7-31-8-9-32-16-11-24-18-10-15(4-5-19(18)33-13-16)27-22-25-12-17(20(23)29)21(28-22)26-14-2-3-14;/h4-5,10,12,14,16,24H,2-3,6-9,11,13H2,1H3,(H2,23,29)(H2,25,26,27,28);1H2/t16-;/m0./s1. The molecule has 4 rings (SSSR count). The van der Waals surface area contributed by atoms with Gasteiger partial charge in [0.05, 0.1) is 37.7 Å². The number of nitrogens with two attached hydrogens (primary N) is 1. The molecule has 2 aromatic rings. The second-order valence-electron chi connectivity index (χ2n) is 7.86. The zero-order valence-electron chi connectivity index (χ0n) is 19.1. The van der Waals surface area contributed by atoms with Crippen LogP contribution < -0.4 is 26.4 Å². The molecule has 34 heavy (non-hydrogen) atoms. The van der Waals surface area contributed by atoms with Crippen LogP contribution in [0.3, 0.4) is 0 Å². The highest BCUT2D eigenvalue weighted by Gasteiger charge is 2.24. The van der Waals surface area contributed by atoms with E-state index in [2.05, 4.69) is 25.9 Å². The molecular weight excluding hydrogens is 460 g/mol. The first-order chi connectivity index (χ1) is 16.1. The Hall–Kier alpha value is -2.80. The number of nitrogens with zero attached hydrogens (tertiary/aromatic N) is 2. The zero-order chi connectivity index (χ0) is 23.0. The molecule has 186 valence electrons. The first kappa shape index (κ1) is 25.8. The van der Waals surface area contributed by atoms with Gasteiger partial charge in [0.1, 0.15) is 24.3 Å². The molecule has 1 amide bonds. The van der Waals surface area contributed by atoms with Crippen LogP contribution in [0.15, 0.2) is 24.4 Å². The number of nitrogens with one attached hydrogen (secondary N) is 3. The second-order valence-corrected chi connectivity index (χ2v) is 7.86. The van der Waals surface area contributed by atoms with E-state index in [-0.39, 0.29) is 25.2 Å². The number of anilines is 4. The van der Waals surface area contributed by atoms with Crippen LogP contribution in [0.4, 0.5) is 23.1 Å². The van der Waals surface area contributed by atoms with Gasteiger partial charge in [-0.25, -0.2) is 4.98 Å². The normalized spacial score (nSPS) is 16.8. The van der Waals surface area contributed by atoms with Crippen molar-refractivity contribution in [1.29, 1.82) is 0 Å². The Bertz CT molecular complexity index is 961. The van der Waals surface area contributed by atoms with E-state index in [1.54, 1.807) is 7.11 Å². The fourth-order valence-electron chi connectivity index (χ4n) is 3.24. The summed E-state index contributed by atoms with van der Waals surface area (Å²) >= 11 is 0. The van der Waals surface area contributed by atoms with Gasteiger partial charge in [-0.15, -0.1) is 0 Å². The SMILES string of the molecule is COCCOCCO[C@H]1CNc2cc(Nc3ncc(C(N)=O)c(NC4CC4)n3)ccc2OC1.S. The third kappa shape index (κ3) is 7.35. The quantitative estimate of drug-likeness (QED) is 0.324. The largest absolute Gasteiger partial charge is 0.489 e. The molecule has 2 heterocycles. The summed E-state index contributed by atoms with van der Waals surface area (Å²) in [5, 5.41) is 9.78. The zero-order valence-corrected chi connectivity index (χ0v) is 20.1. The van der Waals surface area contributed by atoms with Gasteiger partial charge in [0, 0.05) is 31.6 Å². The molecule has 12 heteroatoms. The lowest BCUT2D eigenvalue weighted by Gasteiger charge is -2.15. The Labute approximate surface area is 205 Å². The molecule has 1 atom stereocenters. The van der Waals surface area contributed by atoms with Crippen molar-refractivity contribution < 1.29 is 23.7 Å². The fourth-order valence-corrected chi connectivity index (χ4v) is 3.24. The summed E-state index contributed by atoms with van der Waals surface area (Å²) in [6.07, 6.45) is 3.44. The Morgan fingerprint density at radius 1 is 1.26 bits per heavy atom. The summed E-state index contributed by atoms with van der Waals surface area (Å²) in [5.41, 5.74) is 7.34. The third-order valence-corrected chi connectivity index (χ3v) is 5.17. The number of methoxy groups -OCH3 is 1. The van der Waals surface area contributed by atoms with Crippen LogP contribution in [0, 0.1) is 0 Å². The Morgan fingerprint density at radius 2 is 2.09 bits per heavy atom. The van der Waals surface area contributed by atoms with Crippen LogP contribution in [0.2, 0.25) is 0 Å². The lowest BCUT2D eigenvalue weighted by atomic mass is 10.2. The molecule has 1 aliphatic carbocycles. The van der Waals surface area contributed by atoms with Crippen LogP contribution in [0.25, 0.3) is 0 Å². The van der Waals surface area contributed by atoms with Gasteiger partial charge in [-0.2, -0.15) is 18.5 Å². The van der Waals surface area contributed by atoms with E-state index in [1.807, 2.05) is 18.2 Å². The summed E-state index contributed by atoms with van der Waals surface area (Å²) in [6, 6.07) is 6.00. The molecular formula is C22H32N6O5S. The summed E-state index contributed by atoms with van der Waals surface area (Å²) in [6.45, 7) is 3.16. The topological polar surface area (TPSA) is 142 Å². The van der Waals surface area contributed by atoms with Crippen molar-refractivity contribution >= 4 is 42.5 Å². The van der Waals surface area contributed by atoms with Gasteiger partial charge in [-0.1, -0.05) is 0 Å². The van der Waals surface area contributed by atoms with E-state index in [9.17, 15) is 4.79 Å². The fraction of sp³-hybridized carbons (Fsp3) is 0.500. The monoisotopic (exact) mass is 492 g/mol. The number of carbonyl (C=O) groups is 1. The molecule has 0 unspecified atom stereocenters. The van der Waals surface area contributed by atoms with Crippen LogP contribution >= 0.6 is 13.5 Å². The number of benzene rings is 1. The summed E-state index contributed by atoms with van der Waals surface area (Å²) in [4.78, 5) is 20.4. The van der Waals surface area contributed by atoms with Gasteiger partial charge in [0.15, 0.2) is 0 Å². The van der Waals surface area contributed by atoms with E-state index in [4.69, 9.17) is 24.7 Å². The Morgan fingerprint density at radius 3 is 2.85 bits per heavy atom. The van der Waals surface area contributed by atoms with Gasteiger partial charge in [0.2, 0.25) is 5.95 Å². The van der Waals surface area contributed by atoms with E-state index < -0.39 is 5.91 Å². The van der Waals surface area contributed by atoms with Crippen molar-refractivity contribution in [2.24, 2.45) is 5.73 Å². The Kier molecular flexibility index (Phi) is 9.57. The first-order valence-electron chi connectivity index (χ1n) is 11.0. The number of aromatic nitrogens is 2. The van der Waals surface area contributed by atoms with E-state index in [0.29, 0.717) is 57.4 Å². The summed E-state index contributed by atoms with van der Waals surface area (Å²) in [7, 11) is 1.64. The van der Waals surface area contributed by atoms with E-state index >= 15 is 0 Å². The number of ether oxygens (including phenoxy) is 4. The minimum absolute atomic E-state index is 0. The average Bonchev–Trinajstić information content (AvgIpc) is 3.63. The lowest BCUT2D eigenvalue weighted by molar-refractivity contribution is -0.0151. The highest BCUT2D eigenvalue weighted by Crippen LogP contribution is 2.31. The minimum Gasteiger partial charge on any atom is -0.489 e. The van der Waals surface area contributed by atoms with Crippen molar-refractivity contribution in [3.05, 3.63) is 30.0 Å². The maximum atomic E-state index is 11.7. The molecule has 0 spiro atoms. The number of hydrogen-bond acceptors (Lipinski definition) is 10. The highest BCUT2D eigenvalue weighted by molar-refractivity contribution is 7.59. The van der Waals surface area contributed by atoms with Gasteiger partial charge in [-0.3, -0.25) is 4.79 Å². The van der Waals surface area contributed by atoms with Crippen molar-refractivity contribution in [1.82, 2.24) is 9.97 Å². The number of hydrogen-bond donors (Lipinski definition) is 4. The number of amides is 1. The molecule has 5 N–H and O–H groups in total. The van der Waals surface area contributed by atoms with Crippen molar-refractivity contribution in [2.45, 2.75) is 25.0 Å². The summed E-state index contributed by atoms with van der Waals surface area (Å²) < 4.78 is 22.1. The van der Waals surface area contributed by atoms with Crippen LogP contribution in [0.5, 0.6) is 5.75 Å². The van der Waals surface area contributed by atoms with E-state index in [0.717, 1.165) is 30.0 Å². The molecule has 2 aliphatic rings. The van der Waals surface area contributed by atoms with Crippen molar-refractivity contribution in [2.75, 3.05) is 62.6 Å². The smallest absolute Gasteiger partial charge is 0.254 e. The van der Waals surface area contributed by atoms with Crippen LogP contribution in [-0.2, 0) is 14.2 Å². The molecule has 1 aliphatic heterocycles. The molecule has 11 nitrogen and oxygen atoms in total. The van der Waals surface area contributed by atoms with Gasteiger partial charge < -0.3 is 40.6 Å². The molecule has 0 radical (unpaired) electrons. The predicted molar refractivity (Wildman–Crippen MR) is 134 cm³/mol. The Balaban J connectivity index is 0.00000324. The maximum absolute atomic E-state index is 11.7. The molecule has 1 fully saturated rings. The average molecular weight is 493 g/mol. The number of rotatable bonds is 12. The molecule has 0 bridgehead atoms. The van der Waals surface area contributed by atoms with Crippen molar-refractivity contribution in [3.8, 4) is 5.75 Å². The molecule has 0 saturated heterocycles. The molecule has 1 aromatic carbocycles. The highest BCUT2D eigenvalue weighted by atomic mass is 32.1. The molecule has 1 aromatic heterocycles. The van der Waals surface area contributed by atoms with Crippen molar-refractivity contribution in [3.63, 3.8) is 0 Å².